The Hall–Kier alpha value is -2.45. The van der Waals surface area contributed by atoms with Crippen molar-refractivity contribution in [3.05, 3.63) is 90.6 Å². The Balaban J connectivity index is 1.70. The van der Waals surface area contributed by atoms with Gasteiger partial charge in [-0.15, -0.1) is 11.8 Å². The molecule has 1 N–H and O–H groups in total. The van der Waals surface area contributed by atoms with Crippen LogP contribution in [0.2, 0.25) is 0 Å². The standard InChI is InChI=1S/C21H17NS/c1-2-8-16(9-3-1)15-23-21-13-7-5-11-18(21)19-14-22-20-12-6-4-10-17(19)20/h1-14,22H,15H2. The first-order valence-electron chi connectivity index (χ1n) is 7.74. The van der Waals surface area contributed by atoms with Crippen LogP contribution in [0.3, 0.4) is 0 Å². The minimum Gasteiger partial charge on any atom is -0.361 e. The Morgan fingerprint density at radius 3 is 2.35 bits per heavy atom. The molecule has 4 rings (SSSR count). The van der Waals surface area contributed by atoms with Crippen molar-refractivity contribution in [2.45, 2.75) is 10.6 Å². The van der Waals surface area contributed by atoms with Crippen molar-refractivity contribution < 1.29 is 0 Å². The van der Waals surface area contributed by atoms with Crippen LogP contribution in [-0.4, -0.2) is 4.98 Å². The Labute approximate surface area is 140 Å². The highest BCUT2D eigenvalue weighted by Gasteiger charge is 2.10. The van der Waals surface area contributed by atoms with Crippen LogP contribution in [-0.2, 0) is 5.75 Å². The largest absolute Gasteiger partial charge is 0.361 e. The highest BCUT2D eigenvalue weighted by Crippen LogP contribution is 2.36. The van der Waals surface area contributed by atoms with Gasteiger partial charge in [0.25, 0.3) is 0 Å². The summed E-state index contributed by atoms with van der Waals surface area (Å²) in [6, 6.07) is 27.7. The van der Waals surface area contributed by atoms with Gasteiger partial charge in [-0.05, 0) is 23.3 Å². The lowest BCUT2D eigenvalue weighted by Gasteiger charge is -2.09. The van der Waals surface area contributed by atoms with Crippen LogP contribution in [0.25, 0.3) is 22.0 Å². The molecule has 0 saturated carbocycles. The minimum absolute atomic E-state index is 0.986. The number of benzene rings is 3. The van der Waals surface area contributed by atoms with Crippen LogP contribution in [0, 0.1) is 0 Å². The zero-order valence-electron chi connectivity index (χ0n) is 12.7. The molecule has 0 bridgehead atoms. The summed E-state index contributed by atoms with van der Waals surface area (Å²) in [6.07, 6.45) is 2.12. The maximum absolute atomic E-state index is 3.38. The van der Waals surface area contributed by atoms with Crippen LogP contribution in [0.1, 0.15) is 5.56 Å². The van der Waals surface area contributed by atoms with Gasteiger partial charge in [-0.3, -0.25) is 0 Å². The second-order valence-corrected chi connectivity index (χ2v) is 6.54. The molecule has 112 valence electrons. The molecule has 0 aliphatic rings. The highest BCUT2D eigenvalue weighted by atomic mass is 32.2. The van der Waals surface area contributed by atoms with E-state index in [0.717, 1.165) is 5.75 Å². The average molecular weight is 315 g/mol. The minimum atomic E-state index is 0.986. The van der Waals surface area contributed by atoms with E-state index in [9.17, 15) is 0 Å². The summed E-state index contributed by atoms with van der Waals surface area (Å²) in [4.78, 5) is 4.70. The number of thioether (sulfide) groups is 1. The highest BCUT2D eigenvalue weighted by molar-refractivity contribution is 7.98. The molecule has 1 aromatic heterocycles. The van der Waals surface area contributed by atoms with Crippen LogP contribution in [0.4, 0.5) is 0 Å². The Morgan fingerprint density at radius 2 is 1.43 bits per heavy atom. The maximum atomic E-state index is 3.38. The molecule has 0 aliphatic heterocycles. The van der Waals surface area contributed by atoms with Gasteiger partial charge in [0.2, 0.25) is 0 Å². The molecule has 4 aromatic rings. The summed E-state index contributed by atoms with van der Waals surface area (Å²) < 4.78 is 0. The number of nitrogens with one attached hydrogen (secondary N) is 1. The van der Waals surface area contributed by atoms with E-state index in [2.05, 4.69) is 90.0 Å². The molecule has 1 heterocycles. The van der Waals surface area contributed by atoms with Gasteiger partial charge in [0.15, 0.2) is 0 Å². The predicted octanol–water partition coefficient (Wildman–Crippen LogP) is 6.13. The molecule has 0 unspecified atom stereocenters. The van der Waals surface area contributed by atoms with E-state index in [4.69, 9.17) is 0 Å². The fourth-order valence-corrected chi connectivity index (χ4v) is 3.87. The number of hydrogen-bond donors (Lipinski definition) is 1. The van der Waals surface area contributed by atoms with Crippen LogP contribution >= 0.6 is 11.8 Å². The summed E-state index contributed by atoms with van der Waals surface area (Å²) in [5.41, 5.74) is 5.11. The molecule has 0 saturated heterocycles. The zero-order valence-corrected chi connectivity index (χ0v) is 13.5. The van der Waals surface area contributed by atoms with Crippen LogP contribution in [0.5, 0.6) is 0 Å². The van der Waals surface area contributed by atoms with Crippen molar-refractivity contribution in [2.75, 3.05) is 0 Å². The van der Waals surface area contributed by atoms with Crippen molar-refractivity contribution in [3.8, 4) is 11.1 Å². The fraction of sp³-hybridized carbons (Fsp3) is 0.0476. The van der Waals surface area contributed by atoms with E-state index in [-0.39, 0.29) is 0 Å². The molecule has 1 nitrogen and oxygen atoms in total. The summed E-state index contributed by atoms with van der Waals surface area (Å²) in [6.45, 7) is 0. The lowest BCUT2D eigenvalue weighted by Crippen LogP contribution is -1.83. The van der Waals surface area contributed by atoms with E-state index in [1.165, 1.54) is 32.5 Å². The third kappa shape index (κ3) is 2.90. The topological polar surface area (TPSA) is 15.8 Å². The molecule has 2 heteroatoms. The van der Waals surface area contributed by atoms with E-state index < -0.39 is 0 Å². The molecular formula is C21H17NS. The second-order valence-electron chi connectivity index (χ2n) is 5.52. The number of aromatic amines is 1. The van der Waals surface area contributed by atoms with Crippen LogP contribution < -0.4 is 0 Å². The fourth-order valence-electron chi connectivity index (χ4n) is 2.84. The van der Waals surface area contributed by atoms with Gasteiger partial charge in [-0.2, -0.15) is 0 Å². The second kappa shape index (κ2) is 6.35. The monoisotopic (exact) mass is 315 g/mol. The quantitative estimate of drug-likeness (QED) is 0.448. The van der Waals surface area contributed by atoms with Gasteiger partial charge in [-0.1, -0.05) is 66.7 Å². The average Bonchev–Trinajstić information content (AvgIpc) is 3.05. The van der Waals surface area contributed by atoms with Gasteiger partial charge in [-0.25, -0.2) is 0 Å². The van der Waals surface area contributed by atoms with Crippen molar-refractivity contribution in [2.24, 2.45) is 0 Å². The Bertz CT molecular complexity index is 925. The molecule has 0 amide bonds. The van der Waals surface area contributed by atoms with Crippen molar-refractivity contribution in [1.82, 2.24) is 4.98 Å². The lowest BCUT2D eigenvalue weighted by molar-refractivity contribution is 1.38. The van der Waals surface area contributed by atoms with E-state index in [1.807, 2.05) is 11.8 Å². The maximum Gasteiger partial charge on any atom is 0.0460 e. The van der Waals surface area contributed by atoms with E-state index >= 15 is 0 Å². The van der Waals surface area contributed by atoms with E-state index in [1.54, 1.807) is 0 Å². The molecule has 3 aromatic carbocycles. The molecule has 0 fully saturated rings. The molecular weight excluding hydrogens is 298 g/mol. The first kappa shape index (κ1) is 14.2. The summed E-state index contributed by atoms with van der Waals surface area (Å²) >= 11 is 1.89. The van der Waals surface area contributed by atoms with Gasteiger partial charge in [0.1, 0.15) is 0 Å². The van der Waals surface area contributed by atoms with Gasteiger partial charge >= 0.3 is 0 Å². The number of H-pyrrole nitrogens is 1. The Morgan fingerprint density at radius 1 is 0.696 bits per heavy atom. The number of para-hydroxylation sites is 1. The van der Waals surface area contributed by atoms with Gasteiger partial charge < -0.3 is 4.98 Å². The predicted molar refractivity (Wildman–Crippen MR) is 99.7 cm³/mol. The summed E-state index contributed by atoms with van der Waals surface area (Å²) in [7, 11) is 0. The van der Waals surface area contributed by atoms with Gasteiger partial charge in [0.05, 0.1) is 0 Å². The first-order chi connectivity index (χ1) is 11.4. The third-order valence-corrected chi connectivity index (χ3v) is 5.15. The van der Waals surface area contributed by atoms with E-state index in [0.29, 0.717) is 0 Å². The molecule has 0 atom stereocenters. The zero-order chi connectivity index (χ0) is 15.5. The Kier molecular flexibility index (Phi) is 3.91. The molecule has 0 spiro atoms. The molecule has 0 aliphatic carbocycles. The number of rotatable bonds is 4. The van der Waals surface area contributed by atoms with Crippen LogP contribution in [0.15, 0.2) is 90.0 Å². The van der Waals surface area contributed by atoms with Gasteiger partial charge in [0, 0.05) is 33.3 Å². The normalized spacial score (nSPS) is 11.0. The summed E-state index contributed by atoms with van der Waals surface area (Å²) in [5, 5.41) is 1.28. The summed E-state index contributed by atoms with van der Waals surface area (Å²) in [5.74, 6) is 0.986. The number of fused-ring (bicyclic) bond motifs is 1. The third-order valence-electron chi connectivity index (χ3n) is 4.00. The number of hydrogen-bond acceptors (Lipinski definition) is 1. The van der Waals surface area contributed by atoms with Crippen molar-refractivity contribution in [3.63, 3.8) is 0 Å². The molecule has 0 radical (unpaired) electrons. The smallest absolute Gasteiger partial charge is 0.0460 e. The van der Waals surface area contributed by atoms with Crippen molar-refractivity contribution >= 4 is 22.7 Å². The van der Waals surface area contributed by atoms with Crippen molar-refractivity contribution in [1.29, 1.82) is 0 Å². The molecule has 23 heavy (non-hydrogen) atoms. The first-order valence-corrected chi connectivity index (χ1v) is 8.72. The SMILES string of the molecule is c1ccc(CSc2ccccc2-c2c[nH]c3ccccc23)cc1. The number of aromatic nitrogens is 1. The lowest BCUT2D eigenvalue weighted by atomic mass is 10.1.